The zero-order valence-corrected chi connectivity index (χ0v) is 14.5. The first-order valence-corrected chi connectivity index (χ1v) is 8.55. The molecule has 2 N–H and O–H groups in total. The predicted molar refractivity (Wildman–Crippen MR) is 97.4 cm³/mol. The Morgan fingerprint density at radius 2 is 2.08 bits per heavy atom. The fraction of sp³-hybridized carbons (Fsp3) is 0.300. The van der Waals surface area contributed by atoms with E-state index in [2.05, 4.69) is 21.7 Å². The van der Waals surface area contributed by atoms with E-state index in [9.17, 15) is 4.79 Å². The molecule has 0 saturated heterocycles. The molecule has 0 unspecified atom stereocenters. The topological polar surface area (TPSA) is 70.1 Å². The molecule has 1 aromatic carbocycles. The molecular formula is C20H21N3O2. The second-order valence-corrected chi connectivity index (χ2v) is 6.59. The third-order valence-electron chi connectivity index (χ3n) is 5.10. The molecule has 5 heteroatoms. The first-order valence-electron chi connectivity index (χ1n) is 8.55. The van der Waals surface area contributed by atoms with E-state index in [0.29, 0.717) is 6.61 Å². The highest BCUT2D eigenvalue weighted by atomic mass is 16.5. The van der Waals surface area contributed by atoms with Crippen molar-refractivity contribution >= 4 is 16.8 Å². The molecule has 0 atom stereocenters. The van der Waals surface area contributed by atoms with Crippen LogP contribution < -0.4 is 10.5 Å². The maximum Gasteiger partial charge on any atom is 0.229 e. The Balaban J connectivity index is 1.85. The van der Waals surface area contributed by atoms with Crippen LogP contribution in [-0.2, 0) is 17.3 Å². The molecule has 0 bridgehead atoms. The number of benzene rings is 1. The Labute approximate surface area is 146 Å². The van der Waals surface area contributed by atoms with Gasteiger partial charge in [0, 0.05) is 18.0 Å². The van der Waals surface area contributed by atoms with Crippen LogP contribution in [0.1, 0.15) is 25.5 Å². The Kier molecular flexibility index (Phi) is 3.53. The number of ether oxygens (including phenoxy) is 1. The Morgan fingerprint density at radius 3 is 2.76 bits per heavy atom. The Hall–Kier alpha value is -2.82. The summed E-state index contributed by atoms with van der Waals surface area (Å²) in [7, 11) is 2.02. The lowest BCUT2D eigenvalue weighted by Gasteiger charge is -2.11. The maximum absolute atomic E-state index is 11.8. The molecule has 1 fully saturated rings. The summed E-state index contributed by atoms with van der Waals surface area (Å²) in [5.74, 6) is 0.581. The number of hydrogen-bond acceptors (Lipinski definition) is 3. The van der Waals surface area contributed by atoms with Crippen LogP contribution in [0.15, 0.2) is 42.6 Å². The number of primary amides is 1. The van der Waals surface area contributed by atoms with Crippen LogP contribution in [-0.4, -0.2) is 22.1 Å². The number of pyridine rings is 1. The van der Waals surface area contributed by atoms with Crippen LogP contribution in [0.3, 0.4) is 0 Å². The number of nitrogens with two attached hydrogens (primary N) is 1. The van der Waals surface area contributed by atoms with Gasteiger partial charge in [0.2, 0.25) is 5.91 Å². The van der Waals surface area contributed by atoms with Gasteiger partial charge >= 0.3 is 0 Å². The summed E-state index contributed by atoms with van der Waals surface area (Å²) in [6, 6.07) is 12.1. The number of hydrogen-bond donors (Lipinski definition) is 1. The van der Waals surface area contributed by atoms with Crippen molar-refractivity contribution in [3.05, 3.63) is 48.3 Å². The highest BCUT2D eigenvalue weighted by Gasteiger charge is 2.51. The van der Waals surface area contributed by atoms with Crippen LogP contribution >= 0.6 is 0 Å². The number of amides is 1. The van der Waals surface area contributed by atoms with Crippen molar-refractivity contribution in [1.29, 1.82) is 0 Å². The lowest BCUT2D eigenvalue weighted by molar-refractivity contribution is -0.120. The summed E-state index contributed by atoms with van der Waals surface area (Å²) in [5, 5.41) is 1.06. The van der Waals surface area contributed by atoms with Gasteiger partial charge in [-0.05, 0) is 44.0 Å². The minimum atomic E-state index is -0.562. The second-order valence-electron chi connectivity index (χ2n) is 6.59. The van der Waals surface area contributed by atoms with Crippen LogP contribution in [0.4, 0.5) is 0 Å². The number of carbonyl (C=O) groups is 1. The summed E-state index contributed by atoms with van der Waals surface area (Å²) >= 11 is 0. The SMILES string of the molecule is CCOc1ccccc1-c1cc2cc(C3(C(N)=O)CC3)ncc2n1C. The zero-order chi connectivity index (χ0) is 17.6. The van der Waals surface area contributed by atoms with Gasteiger partial charge < -0.3 is 15.0 Å². The van der Waals surface area contributed by atoms with Crippen molar-refractivity contribution in [2.45, 2.75) is 25.2 Å². The summed E-state index contributed by atoms with van der Waals surface area (Å²) in [4.78, 5) is 16.3. The minimum Gasteiger partial charge on any atom is -0.493 e. The van der Waals surface area contributed by atoms with E-state index >= 15 is 0 Å². The molecule has 1 aliphatic rings. The molecule has 128 valence electrons. The number of aromatic nitrogens is 2. The molecular weight excluding hydrogens is 314 g/mol. The molecule has 2 heterocycles. The van der Waals surface area contributed by atoms with Gasteiger partial charge in [-0.15, -0.1) is 0 Å². The van der Waals surface area contributed by atoms with Gasteiger partial charge in [-0.25, -0.2) is 0 Å². The number of nitrogens with zero attached hydrogens (tertiary/aromatic N) is 2. The summed E-state index contributed by atoms with van der Waals surface area (Å²) in [6.45, 7) is 2.60. The Morgan fingerprint density at radius 1 is 1.32 bits per heavy atom. The normalized spacial score (nSPS) is 15.3. The van der Waals surface area contributed by atoms with Gasteiger partial charge in [-0.1, -0.05) is 12.1 Å². The van der Waals surface area contributed by atoms with Crippen molar-refractivity contribution < 1.29 is 9.53 Å². The number of aryl methyl sites for hydroxylation is 1. The van der Waals surface area contributed by atoms with Gasteiger partial charge in [0.1, 0.15) is 5.75 Å². The number of rotatable bonds is 5. The lowest BCUT2D eigenvalue weighted by Crippen LogP contribution is -2.29. The van der Waals surface area contributed by atoms with E-state index in [-0.39, 0.29) is 5.91 Å². The molecule has 1 aliphatic carbocycles. The third kappa shape index (κ3) is 2.38. The molecule has 3 aromatic rings. The van der Waals surface area contributed by atoms with Gasteiger partial charge in [-0.2, -0.15) is 0 Å². The average molecular weight is 335 g/mol. The van der Waals surface area contributed by atoms with Crippen LogP contribution in [0.25, 0.3) is 22.2 Å². The summed E-state index contributed by atoms with van der Waals surface area (Å²) in [5.41, 5.74) is 8.92. The highest BCUT2D eigenvalue weighted by Crippen LogP contribution is 2.47. The van der Waals surface area contributed by atoms with Gasteiger partial charge in [0.15, 0.2) is 0 Å². The molecule has 1 amide bonds. The molecule has 1 saturated carbocycles. The Bertz CT molecular complexity index is 970. The van der Waals surface area contributed by atoms with Crippen molar-refractivity contribution in [3.8, 4) is 17.0 Å². The maximum atomic E-state index is 11.8. The fourth-order valence-corrected chi connectivity index (χ4v) is 3.47. The quantitative estimate of drug-likeness (QED) is 0.778. The smallest absolute Gasteiger partial charge is 0.229 e. The number of fused-ring (bicyclic) bond motifs is 1. The van der Waals surface area contributed by atoms with Crippen molar-refractivity contribution in [2.75, 3.05) is 6.61 Å². The van der Waals surface area contributed by atoms with E-state index in [4.69, 9.17) is 10.5 Å². The van der Waals surface area contributed by atoms with Gasteiger partial charge in [0.25, 0.3) is 0 Å². The van der Waals surface area contributed by atoms with E-state index in [1.807, 2.05) is 44.4 Å². The van der Waals surface area contributed by atoms with E-state index in [1.165, 1.54) is 0 Å². The van der Waals surface area contributed by atoms with E-state index in [1.54, 1.807) is 0 Å². The first kappa shape index (κ1) is 15.7. The first-order chi connectivity index (χ1) is 12.1. The van der Waals surface area contributed by atoms with Crippen LogP contribution in [0.2, 0.25) is 0 Å². The van der Waals surface area contributed by atoms with E-state index in [0.717, 1.165) is 46.4 Å². The summed E-state index contributed by atoms with van der Waals surface area (Å²) < 4.78 is 7.88. The highest BCUT2D eigenvalue weighted by molar-refractivity contribution is 5.92. The van der Waals surface area contributed by atoms with E-state index < -0.39 is 5.41 Å². The standard InChI is InChI=1S/C20H21N3O2/c1-3-25-17-7-5-4-6-14(17)15-10-13-11-18(20(8-9-20)19(21)24)22-12-16(13)23(15)2/h4-7,10-12H,3,8-9H2,1-2H3,(H2,21,24). The molecule has 5 nitrogen and oxygen atoms in total. The molecule has 25 heavy (non-hydrogen) atoms. The average Bonchev–Trinajstić information content (AvgIpc) is 3.36. The van der Waals surface area contributed by atoms with Crippen LogP contribution in [0.5, 0.6) is 5.75 Å². The van der Waals surface area contributed by atoms with Crippen molar-refractivity contribution in [1.82, 2.24) is 9.55 Å². The molecule has 2 aromatic heterocycles. The minimum absolute atomic E-state index is 0.280. The third-order valence-corrected chi connectivity index (χ3v) is 5.10. The van der Waals surface area contributed by atoms with Crippen molar-refractivity contribution in [2.24, 2.45) is 12.8 Å². The largest absolute Gasteiger partial charge is 0.493 e. The molecule has 0 aliphatic heterocycles. The fourth-order valence-electron chi connectivity index (χ4n) is 3.47. The number of para-hydroxylation sites is 1. The van der Waals surface area contributed by atoms with Gasteiger partial charge in [0.05, 0.1) is 35.1 Å². The van der Waals surface area contributed by atoms with Crippen molar-refractivity contribution in [3.63, 3.8) is 0 Å². The monoisotopic (exact) mass is 335 g/mol. The predicted octanol–water partition coefficient (Wildman–Crippen LogP) is 3.16. The zero-order valence-electron chi connectivity index (χ0n) is 14.5. The lowest BCUT2D eigenvalue weighted by atomic mass is 10.00. The summed E-state index contributed by atoms with van der Waals surface area (Å²) in [6.07, 6.45) is 3.40. The number of carbonyl (C=O) groups excluding carboxylic acids is 1. The molecule has 0 spiro atoms. The van der Waals surface area contributed by atoms with Gasteiger partial charge in [-0.3, -0.25) is 9.78 Å². The molecule has 0 radical (unpaired) electrons. The second kappa shape index (κ2) is 5.62. The van der Waals surface area contributed by atoms with Crippen LogP contribution in [0, 0.1) is 0 Å². The molecule has 4 rings (SSSR count).